The highest BCUT2D eigenvalue weighted by atomic mass is 19.4. The summed E-state index contributed by atoms with van der Waals surface area (Å²) in [5.41, 5.74) is 2.12. The topological polar surface area (TPSA) is 67.6 Å². The zero-order chi connectivity index (χ0) is 23.7. The molecule has 0 bridgehead atoms. The van der Waals surface area contributed by atoms with Gasteiger partial charge in [0.25, 0.3) is 0 Å². The second kappa shape index (κ2) is 7.30. The molecule has 2 fully saturated rings. The lowest BCUT2D eigenvalue weighted by Crippen LogP contribution is -2.66. The minimum Gasteiger partial charge on any atom is -0.380 e. The Kier molecular flexibility index (Phi) is 4.54. The number of halogens is 3. The summed E-state index contributed by atoms with van der Waals surface area (Å²) in [5, 5.41) is 13.8. The number of benzene rings is 2. The number of alkyl halides is 3. The van der Waals surface area contributed by atoms with Crippen molar-refractivity contribution in [2.45, 2.75) is 26.1 Å². The third-order valence-electron chi connectivity index (χ3n) is 6.96. The average molecular weight is 468 g/mol. The van der Waals surface area contributed by atoms with Gasteiger partial charge in [-0.2, -0.15) is 13.2 Å². The molecule has 7 nitrogen and oxygen atoms in total. The van der Waals surface area contributed by atoms with Crippen molar-refractivity contribution in [3.63, 3.8) is 0 Å². The number of fused-ring (bicyclic) bond motifs is 3. The first-order chi connectivity index (χ1) is 16.2. The van der Waals surface area contributed by atoms with Gasteiger partial charge in [-0.15, -0.1) is 14.8 Å². The van der Waals surface area contributed by atoms with Crippen LogP contribution in [0.2, 0.25) is 0 Å². The molecule has 0 amide bonds. The summed E-state index contributed by atoms with van der Waals surface area (Å²) < 4.78 is 47.2. The van der Waals surface area contributed by atoms with E-state index in [0.29, 0.717) is 17.0 Å². The molecule has 2 aliphatic rings. The number of anilines is 2. The van der Waals surface area contributed by atoms with E-state index in [-0.39, 0.29) is 11.0 Å². The minimum absolute atomic E-state index is 0.204. The first-order valence-electron chi connectivity index (χ1n) is 11.1. The third-order valence-corrected chi connectivity index (χ3v) is 6.96. The Balaban J connectivity index is 1.39. The van der Waals surface area contributed by atoms with Crippen LogP contribution in [0.4, 0.5) is 24.7 Å². The molecule has 1 spiro atoms. The zero-order valence-corrected chi connectivity index (χ0v) is 18.7. The first-order valence-corrected chi connectivity index (χ1v) is 11.1. The van der Waals surface area contributed by atoms with Crippen LogP contribution < -0.4 is 10.2 Å². The van der Waals surface area contributed by atoms with E-state index in [4.69, 9.17) is 4.74 Å². The van der Waals surface area contributed by atoms with Gasteiger partial charge in [0.2, 0.25) is 0 Å². The highest BCUT2D eigenvalue weighted by Crippen LogP contribution is 2.42. The number of hydrogen-bond acceptors (Lipinski definition) is 6. The van der Waals surface area contributed by atoms with E-state index in [1.807, 2.05) is 13.0 Å². The van der Waals surface area contributed by atoms with Crippen molar-refractivity contribution in [3.8, 4) is 0 Å². The molecule has 2 aromatic carbocycles. The van der Waals surface area contributed by atoms with Gasteiger partial charge in [0.05, 0.1) is 30.2 Å². The lowest BCUT2D eigenvalue weighted by Gasteiger charge is -2.56. The molecule has 2 aliphatic heterocycles. The smallest absolute Gasteiger partial charge is 0.380 e. The molecule has 0 saturated carbocycles. The quantitative estimate of drug-likeness (QED) is 0.472. The lowest BCUT2D eigenvalue weighted by molar-refractivity contribution is -0.138. The van der Waals surface area contributed by atoms with Crippen LogP contribution in [0.25, 0.3) is 16.4 Å². The van der Waals surface area contributed by atoms with Gasteiger partial charge in [0.1, 0.15) is 6.33 Å². The van der Waals surface area contributed by atoms with Crippen molar-refractivity contribution in [1.82, 2.24) is 19.8 Å². The number of hydrogen-bond donors (Lipinski definition) is 1. The normalized spacial score (nSPS) is 18.2. The maximum atomic E-state index is 13.4. The van der Waals surface area contributed by atoms with Crippen LogP contribution in [0.3, 0.4) is 0 Å². The molecule has 1 N–H and O–H groups in total. The summed E-state index contributed by atoms with van der Waals surface area (Å²) in [5.74, 6) is 0.543. The number of aromatic nitrogens is 4. The van der Waals surface area contributed by atoms with Crippen LogP contribution in [0, 0.1) is 12.3 Å². The summed E-state index contributed by atoms with van der Waals surface area (Å²) in [7, 11) is 0. The fourth-order valence-corrected chi connectivity index (χ4v) is 5.09. The van der Waals surface area contributed by atoms with Crippen LogP contribution in [0.5, 0.6) is 0 Å². The van der Waals surface area contributed by atoms with Gasteiger partial charge in [-0.1, -0.05) is 12.1 Å². The number of ether oxygens (including phenoxy) is 1. The molecule has 2 aromatic heterocycles. The molecule has 1 unspecified atom stereocenters. The van der Waals surface area contributed by atoms with E-state index in [0.717, 1.165) is 48.8 Å². The van der Waals surface area contributed by atoms with Gasteiger partial charge in [-0.25, -0.2) is 4.98 Å². The van der Waals surface area contributed by atoms with Gasteiger partial charge in [0.15, 0.2) is 11.5 Å². The predicted octanol–water partition coefficient (Wildman–Crippen LogP) is 4.61. The molecular weight excluding hydrogens is 445 g/mol. The van der Waals surface area contributed by atoms with E-state index in [9.17, 15) is 13.2 Å². The second-order valence-electron chi connectivity index (χ2n) is 9.38. The zero-order valence-electron chi connectivity index (χ0n) is 18.7. The molecule has 34 heavy (non-hydrogen) atoms. The van der Waals surface area contributed by atoms with E-state index < -0.39 is 17.8 Å². The van der Waals surface area contributed by atoms with Crippen molar-refractivity contribution < 1.29 is 17.9 Å². The second-order valence-corrected chi connectivity index (χ2v) is 9.38. The van der Waals surface area contributed by atoms with E-state index in [1.54, 1.807) is 6.07 Å². The van der Waals surface area contributed by atoms with Crippen molar-refractivity contribution in [3.05, 3.63) is 59.4 Å². The maximum absolute atomic E-state index is 13.4. The average Bonchev–Trinajstić information content (AvgIpc) is 3.19. The summed E-state index contributed by atoms with van der Waals surface area (Å²) in [6.07, 6.45) is -2.96. The fraction of sp³-hybridized carbons (Fsp3) is 0.375. The van der Waals surface area contributed by atoms with Crippen LogP contribution in [0.15, 0.2) is 42.7 Å². The third kappa shape index (κ3) is 3.27. The van der Waals surface area contributed by atoms with Gasteiger partial charge in [0, 0.05) is 29.5 Å². The summed E-state index contributed by atoms with van der Waals surface area (Å²) in [6, 6.07) is 9.98. The Morgan fingerprint density at radius 2 is 1.91 bits per heavy atom. The number of rotatable bonds is 4. The molecular formula is C24H23F3N6O. The molecule has 4 heterocycles. The van der Waals surface area contributed by atoms with Crippen molar-refractivity contribution >= 4 is 27.9 Å². The Morgan fingerprint density at radius 3 is 2.62 bits per heavy atom. The Morgan fingerprint density at radius 1 is 1.12 bits per heavy atom. The van der Waals surface area contributed by atoms with Gasteiger partial charge in [-0.3, -0.25) is 0 Å². The SMILES string of the molecule is Cc1c(C(C)Nc2nn3ncnc3c3ccc(N4CC5(COC5)C4)cc23)cccc1C(F)(F)F. The van der Waals surface area contributed by atoms with E-state index in [2.05, 4.69) is 37.5 Å². The van der Waals surface area contributed by atoms with Crippen molar-refractivity contribution in [2.24, 2.45) is 5.41 Å². The lowest BCUT2D eigenvalue weighted by atomic mass is 9.77. The molecule has 4 aromatic rings. The molecule has 1 atom stereocenters. The summed E-state index contributed by atoms with van der Waals surface area (Å²) in [4.78, 5) is 6.64. The molecule has 6 rings (SSSR count). The Labute approximate surface area is 193 Å². The Hall–Kier alpha value is -3.40. The Bertz CT molecular complexity index is 1400. The molecule has 0 radical (unpaired) electrons. The highest BCUT2D eigenvalue weighted by molar-refractivity contribution is 6.01. The number of nitrogens with zero attached hydrogens (tertiary/aromatic N) is 5. The largest absolute Gasteiger partial charge is 0.416 e. The molecule has 2 saturated heterocycles. The van der Waals surface area contributed by atoms with Crippen LogP contribution in [0.1, 0.15) is 29.7 Å². The molecule has 10 heteroatoms. The molecule has 0 aliphatic carbocycles. The number of nitrogens with one attached hydrogen (secondary N) is 1. The summed E-state index contributed by atoms with van der Waals surface area (Å²) >= 11 is 0. The van der Waals surface area contributed by atoms with Crippen LogP contribution in [-0.2, 0) is 10.9 Å². The summed E-state index contributed by atoms with van der Waals surface area (Å²) in [6.45, 7) is 6.84. The maximum Gasteiger partial charge on any atom is 0.416 e. The van der Waals surface area contributed by atoms with Gasteiger partial charge < -0.3 is 15.0 Å². The van der Waals surface area contributed by atoms with Gasteiger partial charge >= 0.3 is 6.18 Å². The first kappa shape index (κ1) is 21.2. The van der Waals surface area contributed by atoms with E-state index in [1.165, 1.54) is 23.9 Å². The standard InChI is InChI=1S/C24H23F3N6O/c1-14-17(4-3-5-20(14)24(25,26)27)15(2)30-21-19-8-16(32-9-23(10-32)11-34-12-23)6-7-18(19)22-28-13-29-33(22)31-21/h3-8,13,15H,9-12H2,1-2H3,(H,30,31). The fourth-order valence-electron chi connectivity index (χ4n) is 5.09. The monoisotopic (exact) mass is 468 g/mol. The molecule has 176 valence electrons. The van der Waals surface area contributed by atoms with Crippen LogP contribution in [-0.4, -0.2) is 46.1 Å². The van der Waals surface area contributed by atoms with Crippen molar-refractivity contribution in [2.75, 3.05) is 36.5 Å². The van der Waals surface area contributed by atoms with Crippen LogP contribution >= 0.6 is 0 Å². The highest BCUT2D eigenvalue weighted by Gasteiger charge is 2.49. The predicted molar refractivity (Wildman–Crippen MR) is 122 cm³/mol. The minimum atomic E-state index is -4.40. The van der Waals surface area contributed by atoms with Crippen molar-refractivity contribution in [1.29, 1.82) is 0 Å². The van der Waals surface area contributed by atoms with Gasteiger partial charge in [-0.05, 0) is 49.2 Å². The van der Waals surface area contributed by atoms with E-state index >= 15 is 0 Å².